The average Bonchev–Trinajstić information content (AvgIpc) is 3.11. The second-order valence-corrected chi connectivity index (χ2v) is 9.87. The topological polar surface area (TPSA) is 76.1 Å². The van der Waals surface area contributed by atoms with Crippen molar-refractivity contribution in [3.63, 3.8) is 0 Å². The van der Waals surface area contributed by atoms with E-state index in [9.17, 15) is 14.7 Å². The van der Waals surface area contributed by atoms with Crippen LogP contribution in [0.3, 0.4) is 0 Å². The number of hydrogen-bond donors (Lipinski definition) is 1. The van der Waals surface area contributed by atoms with Gasteiger partial charge in [-0.3, -0.25) is 4.79 Å². The van der Waals surface area contributed by atoms with Gasteiger partial charge in [0.05, 0.1) is 5.56 Å². The second kappa shape index (κ2) is 9.16. The molecule has 34 heavy (non-hydrogen) atoms. The van der Waals surface area contributed by atoms with Crippen LogP contribution >= 0.6 is 0 Å². The minimum absolute atomic E-state index is 0.218. The van der Waals surface area contributed by atoms with Crippen molar-refractivity contribution in [3.05, 3.63) is 52.6 Å². The number of Topliss-reactive ketones (excluding diaryl/α,β-unsaturated/α-hetero) is 1. The van der Waals surface area contributed by atoms with Gasteiger partial charge in [0, 0.05) is 55.7 Å². The molecule has 5 rings (SSSR count). The zero-order chi connectivity index (χ0) is 23.9. The summed E-state index contributed by atoms with van der Waals surface area (Å²) in [6.45, 7) is 7.52. The fraction of sp³-hybridized carbons (Fsp3) is 0.500. The van der Waals surface area contributed by atoms with E-state index in [0.717, 1.165) is 85.4 Å². The summed E-state index contributed by atoms with van der Waals surface area (Å²) in [6.07, 6.45) is 4.17. The van der Waals surface area contributed by atoms with Gasteiger partial charge >= 0.3 is 5.97 Å². The molecule has 0 saturated carbocycles. The van der Waals surface area contributed by atoms with Crippen LogP contribution in [-0.2, 0) is 15.9 Å². The van der Waals surface area contributed by atoms with Crippen molar-refractivity contribution in [1.82, 2.24) is 0 Å². The molecule has 0 amide bonds. The fourth-order valence-electron chi connectivity index (χ4n) is 6.03. The van der Waals surface area contributed by atoms with Gasteiger partial charge in [-0.15, -0.1) is 0 Å². The molecule has 1 N–H and O–H groups in total. The Morgan fingerprint density at radius 3 is 2.44 bits per heavy atom. The third-order valence-corrected chi connectivity index (χ3v) is 8.04. The van der Waals surface area contributed by atoms with Crippen LogP contribution in [0.25, 0.3) is 11.1 Å². The first-order valence-electron chi connectivity index (χ1n) is 12.4. The Morgan fingerprint density at radius 1 is 1.06 bits per heavy atom. The smallest absolute Gasteiger partial charge is 0.336 e. The summed E-state index contributed by atoms with van der Waals surface area (Å²) < 4.78 is 11.1. The summed E-state index contributed by atoms with van der Waals surface area (Å²) in [7, 11) is 0. The van der Waals surface area contributed by atoms with Crippen LogP contribution in [0.15, 0.2) is 30.3 Å². The van der Waals surface area contributed by atoms with E-state index in [1.54, 1.807) is 6.07 Å². The molecule has 0 aromatic heterocycles. The van der Waals surface area contributed by atoms with E-state index < -0.39 is 5.97 Å². The van der Waals surface area contributed by atoms with E-state index >= 15 is 0 Å². The zero-order valence-electron chi connectivity index (χ0n) is 20.1. The Morgan fingerprint density at radius 2 is 1.76 bits per heavy atom. The molecule has 0 bridgehead atoms. The lowest BCUT2D eigenvalue weighted by molar-refractivity contribution is 0.0205. The average molecular weight is 464 g/mol. The van der Waals surface area contributed by atoms with Crippen LogP contribution in [0.5, 0.6) is 0 Å². The summed E-state index contributed by atoms with van der Waals surface area (Å²) in [5.74, 6) is -0.710. The number of carbonyl (C=O) groups is 2. The maximum absolute atomic E-state index is 13.4. The van der Waals surface area contributed by atoms with Crippen molar-refractivity contribution in [1.29, 1.82) is 0 Å². The molecular weight excluding hydrogens is 430 g/mol. The molecule has 6 nitrogen and oxygen atoms in total. The third-order valence-electron chi connectivity index (χ3n) is 8.04. The predicted molar refractivity (Wildman–Crippen MR) is 131 cm³/mol. The lowest BCUT2D eigenvalue weighted by atomic mass is 9.77. The molecule has 180 valence electrons. The molecule has 1 aliphatic carbocycles. The molecule has 1 spiro atoms. The summed E-state index contributed by atoms with van der Waals surface area (Å²) >= 11 is 0. The monoisotopic (exact) mass is 463 g/mol. The number of ether oxygens (including phenoxy) is 2. The number of carboxylic acids is 1. The van der Waals surface area contributed by atoms with Gasteiger partial charge in [0.1, 0.15) is 0 Å². The number of carbonyl (C=O) groups excluding carboxylic acids is 1. The molecule has 2 fully saturated rings. The zero-order valence-corrected chi connectivity index (χ0v) is 20.1. The molecule has 6 heteroatoms. The van der Waals surface area contributed by atoms with Gasteiger partial charge in [-0.2, -0.15) is 0 Å². The van der Waals surface area contributed by atoms with E-state index in [0.29, 0.717) is 24.8 Å². The first kappa shape index (κ1) is 23.1. The SMILES string of the molecule is CCN(c1cc(-c2ccc3c(c2)C(=O)C2(CCOCC2)C3)cc(C(=O)O)c1C)C1CCOCC1. The third kappa shape index (κ3) is 3.93. The maximum atomic E-state index is 13.4. The van der Waals surface area contributed by atoms with Crippen molar-refractivity contribution in [2.75, 3.05) is 37.9 Å². The Hall–Kier alpha value is -2.70. The summed E-state index contributed by atoms with van der Waals surface area (Å²) in [4.78, 5) is 27.9. The highest BCUT2D eigenvalue weighted by molar-refractivity contribution is 6.06. The van der Waals surface area contributed by atoms with Gasteiger partial charge in [-0.1, -0.05) is 12.1 Å². The minimum Gasteiger partial charge on any atom is -0.478 e. The Balaban J connectivity index is 1.56. The molecule has 2 heterocycles. The van der Waals surface area contributed by atoms with Gasteiger partial charge in [0.15, 0.2) is 5.78 Å². The van der Waals surface area contributed by atoms with Crippen molar-refractivity contribution < 1.29 is 24.2 Å². The molecule has 2 aliphatic heterocycles. The van der Waals surface area contributed by atoms with Crippen molar-refractivity contribution in [2.45, 2.75) is 52.0 Å². The number of fused-ring (bicyclic) bond motifs is 1. The van der Waals surface area contributed by atoms with Crippen LogP contribution in [0.1, 0.15) is 64.4 Å². The number of nitrogens with zero attached hydrogens (tertiary/aromatic N) is 1. The Kier molecular flexibility index (Phi) is 6.21. The number of ketones is 1. The van der Waals surface area contributed by atoms with E-state index in [1.165, 1.54) is 0 Å². The molecule has 3 aliphatic rings. The van der Waals surface area contributed by atoms with E-state index in [4.69, 9.17) is 9.47 Å². The van der Waals surface area contributed by atoms with E-state index in [1.807, 2.05) is 19.1 Å². The minimum atomic E-state index is -0.929. The summed E-state index contributed by atoms with van der Waals surface area (Å²) in [5, 5.41) is 9.98. The first-order chi connectivity index (χ1) is 16.4. The highest BCUT2D eigenvalue weighted by Crippen LogP contribution is 2.45. The number of carboxylic acid groups (broad SMARTS) is 1. The normalized spacial score (nSPS) is 19.9. The molecule has 0 unspecified atom stereocenters. The Labute approximate surface area is 200 Å². The largest absolute Gasteiger partial charge is 0.478 e. The van der Waals surface area contributed by atoms with Gasteiger partial charge < -0.3 is 19.5 Å². The molecule has 0 radical (unpaired) electrons. The number of aromatic carboxylic acids is 1. The van der Waals surface area contributed by atoms with Crippen molar-refractivity contribution >= 4 is 17.4 Å². The van der Waals surface area contributed by atoms with Crippen LogP contribution in [0.4, 0.5) is 5.69 Å². The van der Waals surface area contributed by atoms with Gasteiger partial charge in [0.25, 0.3) is 0 Å². The van der Waals surface area contributed by atoms with Gasteiger partial charge in [-0.05, 0) is 86.4 Å². The Bertz CT molecular complexity index is 1110. The predicted octanol–water partition coefficient (Wildman–Crippen LogP) is 4.90. The highest BCUT2D eigenvalue weighted by atomic mass is 16.5. The molecule has 2 aromatic carbocycles. The van der Waals surface area contributed by atoms with Gasteiger partial charge in [-0.25, -0.2) is 4.79 Å². The maximum Gasteiger partial charge on any atom is 0.336 e. The first-order valence-corrected chi connectivity index (χ1v) is 12.4. The van der Waals surface area contributed by atoms with Crippen LogP contribution < -0.4 is 4.90 Å². The molecule has 0 atom stereocenters. The van der Waals surface area contributed by atoms with Crippen LogP contribution in [0, 0.1) is 12.3 Å². The summed E-state index contributed by atoms with van der Waals surface area (Å²) in [5.41, 5.74) is 5.33. The standard InChI is InChI=1S/C28H33NO5/c1-3-29(22-6-10-33-11-7-22)25-16-21(15-23(18(25)2)27(31)32)19-4-5-20-17-28(8-12-34-13-9-28)26(30)24(20)14-19/h4-5,14-16,22H,3,6-13,17H2,1-2H3,(H,31,32). The molecule has 2 aromatic rings. The van der Waals surface area contributed by atoms with E-state index in [2.05, 4.69) is 24.0 Å². The quantitative estimate of drug-likeness (QED) is 0.680. The second-order valence-electron chi connectivity index (χ2n) is 9.87. The highest BCUT2D eigenvalue weighted by Gasteiger charge is 2.46. The molecular formula is C28H33NO5. The number of rotatable bonds is 5. The fourth-order valence-corrected chi connectivity index (χ4v) is 6.03. The lowest BCUT2D eigenvalue weighted by Gasteiger charge is -2.36. The van der Waals surface area contributed by atoms with Crippen LogP contribution in [-0.4, -0.2) is 55.9 Å². The number of hydrogen-bond acceptors (Lipinski definition) is 5. The van der Waals surface area contributed by atoms with Crippen LogP contribution in [0.2, 0.25) is 0 Å². The van der Waals surface area contributed by atoms with Crippen molar-refractivity contribution in [2.24, 2.45) is 5.41 Å². The van der Waals surface area contributed by atoms with Crippen molar-refractivity contribution in [3.8, 4) is 11.1 Å². The summed E-state index contributed by atoms with van der Waals surface area (Å²) in [6, 6.07) is 10.3. The molecule has 2 saturated heterocycles. The van der Waals surface area contributed by atoms with E-state index in [-0.39, 0.29) is 11.2 Å². The number of benzene rings is 2. The van der Waals surface area contributed by atoms with Gasteiger partial charge in [0.2, 0.25) is 0 Å². The lowest BCUT2D eigenvalue weighted by Crippen LogP contribution is -2.40. The number of anilines is 1.